The fourth-order valence-electron chi connectivity index (χ4n) is 13.3. The van der Waals surface area contributed by atoms with E-state index in [1.165, 1.54) is 94.8 Å². The zero-order chi connectivity index (χ0) is 53.9. The molecule has 0 amide bonds. The Morgan fingerprint density at radius 3 is 0.759 bits per heavy atom. The van der Waals surface area contributed by atoms with E-state index in [-0.39, 0.29) is 17.5 Å². The van der Waals surface area contributed by atoms with E-state index < -0.39 is 10.8 Å². The van der Waals surface area contributed by atoms with Gasteiger partial charge in [0.2, 0.25) is 0 Å². The Morgan fingerprint density at radius 1 is 0.241 bits per heavy atom. The monoisotopic (exact) mass is 1020 g/mol. The highest BCUT2D eigenvalue weighted by Gasteiger charge is 2.45. The lowest BCUT2D eigenvalue weighted by atomic mass is 9.33. The van der Waals surface area contributed by atoms with Crippen LogP contribution in [0.4, 0.5) is 34.1 Å². The maximum atomic E-state index is 2.55. The molecule has 3 heteroatoms. The van der Waals surface area contributed by atoms with Crippen LogP contribution in [0.5, 0.6) is 0 Å². The summed E-state index contributed by atoms with van der Waals surface area (Å²) in [6, 6.07) is 107. The largest absolute Gasteiger partial charge is 0.311 e. The fraction of sp³-hybridized carbons (Fsp3) is 0.132. The molecule has 2 heterocycles. The van der Waals surface area contributed by atoms with Gasteiger partial charge in [-0.15, -0.1) is 0 Å². The van der Waals surface area contributed by atoms with Crippen molar-refractivity contribution in [3.63, 3.8) is 0 Å². The number of hydrogen-bond acceptors (Lipinski definition) is 2. The molecule has 11 aromatic carbocycles. The first-order valence-corrected chi connectivity index (χ1v) is 28.0. The number of rotatable bonds is 10. The lowest BCUT2D eigenvalue weighted by Crippen LogP contribution is -2.61. The minimum Gasteiger partial charge on any atom is -0.311 e. The van der Waals surface area contributed by atoms with Crippen molar-refractivity contribution in [2.45, 2.75) is 63.2 Å². The smallest absolute Gasteiger partial charge is 0.252 e. The average molecular weight is 1020 g/mol. The zero-order valence-corrected chi connectivity index (χ0v) is 46.1. The van der Waals surface area contributed by atoms with Gasteiger partial charge in [-0.25, -0.2) is 0 Å². The Morgan fingerprint density at radius 2 is 0.494 bits per heavy atom. The van der Waals surface area contributed by atoms with Crippen molar-refractivity contribution in [3.05, 3.63) is 341 Å². The van der Waals surface area contributed by atoms with Crippen molar-refractivity contribution >= 4 is 57.2 Å². The van der Waals surface area contributed by atoms with Crippen molar-refractivity contribution in [3.8, 4) is 0 Å². The first-order valence-electron chi connectivity index (χ1n) is 28.0. The number of anilines is 6. The van der Waals surface area contributed by atoms with Crippen LogP contribution in [0.1, 0.15) is 97.2 Å². The molecule has 79 heavy (non-hydrogen) atoms. The summed E-state index contributed by atoms with van der Waals surface area (Å²) in [5, 5.41) is 0. The topological polar surface area (TPSA) is 6.48 Å². The van der Waals surface area contributed by atoms with Crippen LogP contribution in [0.3, 0.4) is 0 Å². The lowest BCUT2D eigenvalue weighted by molar-refractivity contribution is 0.590. The molecule has 0 bridgehead atoms. The molecule has 2 aliphatic rings. The Labute approximate surface area is 468 Å². The predicted octanol–water partition coefficient (Wildman–Crippen LogP) is 17.1. The minimum absolute atomic E-state index is 0.0179. The van der Waals surface area contributed by atoms with E-state index in [0.29, 0.717) is 0 Å². The third-order valence-corrected chi connectivity index (χ3v) is 17.1. The van der Waals surface area contributed by atoms with Gasteiger partial charge in [0.05, 0.1) is 10.8 Å². The Balaban J connectivity index is 1.02. The first kappa shape index (κ1) is 49.6. The summed E-state index contributed by atoms with van der Waals surface area (Å²) < 4.78 is 0. The molecule has 0 atom stereocenters. The number of hydrogen-bond donors (Lipinski definition) is 0. The average Bonchev–Trinajstić information content (AvgIpc) is 3.64. The number of fused-ring (bicyclic) bond motifs is 4. The Kier molecular flexibility index (Phi) is 12.3. The van der Waals surface area contributed by atoms with Gasteiger partial charge >= 0.3 is 0 Å². The van der Waals surface area contributed by atoms with E-state index >= 15 is 0 Å². The summed E-state index contributed by atoms with van der Waals surface area (Å²) in [5.41, 5.74) is 22.2. The second-order valence-corrected chi connectivity index (χ2v) is 23.7. The number of benzene rings is 11. The summed E-state index contributed by atoms with van der Waals surface area (Å²) in [6.07, 6.45) is 0. The van der Waals surface area contributed by atoms with Gasteiger partial charge in [-0.3, -0.25) is 0 Å². The SMILES string of the molecule is CC(C)(C)c1ccc2c(c1)B1c3cc(C(C)(C)C)ccc3N(c3ccc(C(c4ccccc4)(c4ccccc4)c4ccccc4)cc3)c3cccc(c31)N2c1ccc(C(c2ccccc2)(c2ccccc2)c2ccccc2)cc1. The van der Waals surface area contributed by atoms with Crippen molar-refractivity contribution in [1.29, 1.82) is 0 Å². The molecule has 0 N–H and O–H groups in total. The van der Waals surface area contributed by atoms with Crippen LogP contribution in [0, 0.1) is 0 Å². The molecule has 0 fully saturated rings. The number of nitrogens with zero attached hydrogens (tertiary/aromatic N) is 2. The maximum Gasteiger partial charge on any atom is 0.252 e. The highest BCUT2D eigenvalue weighted by Crippen LogP contribution is 2.50. The van der Waals surface area contributed by atoms with Gasteiger partial charge in [-0.1, -0.05) is 278 Å². The molecule has 0 aromatic heterocycles. The van der Waals surface area contributed by atoms with Crippen LogP contribution < -0.4 is 26.2 Å². The van der Waals surface area contributed by atoms with E-state index in [9.17, 15) is 0 Å². The molecule has 2 nitrogen and oxygen atoms in total. The van der Waals surface area contributed by atoms with Gasteiger partial charge in [0, 0.05) is 34.1 Å². The molecular weight excluding hydrogens is 952 g/mol. The van der Waals surface area contributed by atoms with Gasteiger partial charge < -0.3 is 9.80 Å². The summed E-state index contributed by atoms with van der Waals surface area (Å²) in [4.78, 5) is 5.09. The van der Waals surface area contributed by atoms with Gasteiger partial charge in [-0.05, 0) is 131 Å². The van der Waals surface area contributed by atoms with E-state index in [1.807, 2.05) is 0 Å². The van der Waals surface area contributed by atoms with Crippen molar-refractivity contribution in [2.75, 3.05) is 9.80 Å². The van der Waals surface area contributed by atoms with Gasteiger partial charge in [0.25, 0.3) is 6.71 Å². The second kappa shape index (κ2) is 19.5. The quantitative estimate of drug-likeness (QED) is 0.0995. The molecule has 0 radical (unpaired) electrons. The fourth-order valence-corrected chi connectivity index (χ4v) is 13.3. The second-order valence-electron chi connectivity index (χ2n) is 23.7. The zero-order valence-electron chi connectivity index (χ0n) is 46.1. The van der Waals surface area contributed by atoms with Crippen LogP contribution >= 0.6 is 0 Å². The summed E-state index contributed by atoms with van der Waals surface area (Å²) in [6.45, 7) is 14.0. The van der Waals surface area contributed by atoms with Gasteiger partial charge in [0.1, 0.15) is 0 Å². The normalized spacial score (nSPS) is 13.1. The van der Waals surface area contributed by atoms with E-state index in [2.05, 4.69) is 336 Å². The van der Waals surface area contributed by atoms with Crippen molar-refractivity contribution in [2.24, 2.45) is 0 Å². The van der Waals surface area contributed by atoms with Gasteiger partial charge in [-0.2, -0.15) is 0 Å². The molecule has 0 spiro atoms. The predicted molar refractivity (Wildman–Crippen MR) is 334 cm³/mol. The molecule has 0 unspecified atom stereocenters. The molecule has 0 saturated heterocycles. The maximum absolute atomic E-state index is 2.55. The standard InChI is InChI=1S/C76H65BN2/c1-73(2,3)62-44-50-68-66(52-62)77-67-53-63(74(4,5)6)45-51-69(67)79(65-48-42-61(43-49-65)76(57-32-19-10-20-33-57,58-34-21-11-22-35-58)59-36-23-12-24-37-59)71-39-25-38-70(72(71)77)78(68)64-46-40-60(41-47-64)75(54-26-13-7-14-27-54,55-28-15-8-16-29-55)56-30-17-9-18-31-56/h7-53H,1-6H3. The van der Waals surface area contributed by atoms with Crippen LogP contribution in [0.15, 0.2) is 285 Å². The van der Waals surface area contributed by atoms with Crippen molar-refractivity contribution < 1.29 is 0 Å². The Hall–Kier alpha value is -8.92. The van der Waals surface area contributed by atoms with Crippen molar-refractivity contribution in [1.82, 2.24) is 0 Å². The highest BCUT2D eigenvalue weighted by atomic mass is 15.2. The van der Waals surface area contributed by atoms with E-state index in [4.69, 9.17) is 0 Å². The summed E-state index contributed by atoms with van der Waals surface area (Å²) in [7, 11) is 0. The highest BCUT2D eigenvalue weighted by molar-refractivity contribution is 7.00. The lowest BCUT2D eigenvalue weighted by Gasteiger charge is -2.45. The van der Waals surface area contributed by atoms with E-state index in [1.54, 1.807) is 0 Å². The first-order chi connectivity index (χ1) is 38.5. The molecule has 11 aromatic rings. The molecule has 0 aliphatic carbocycles. The summed E-state index contributed by atoms with van der Waals surface area (Å²) >= 11 is 0. The molecule has 2 aliphatic heterocycles. The van der Waals surface area contributed by atoms with Crippen LogP contribution in [0.2, 0.25) is 0 Å². The third kappa shape index (κ3) is 8.17. The molecule has 13 rings (SSSR count). The van der Waals surface area contributed by atoms with E-state index in [0.717, 1.165) is 11.4 Å². The minimum atomic E-state index is -0.561. The Bertz CT molecular complexity index is 3490. The van der Waals surface area contributed by atoms with Crippen LogP contribution in [-0.2, 0) is 21.7 Å². The van der Waals surface area contributed by atoms with Crippen LogP contribution in [-0.4, -0.2) is 6.71 Å². The van der Waals surface area contributed by atoms with Gasteiger partial charge in [0.15, 0.2) is 0 Å². The summed E-state index contributed by atoms with van der Waals surface area (Å²) in [5.74, 6) is 0. The van der Waals surface area contributed by atoms with Crippen LogP contribution in [0.25, 0.3) is 0 Å². The molecule has 0 saturated carbocycles. The molecular formula is C76H65BN2. The molecule has 382 valence electrons. The third-order valence-electron chi connectivity index (χ3n) is 17.1.